The number of nitrogens with zero attached hydrogens (tertiary/aromatic N) is 1. The van der Waals surface area contributed by atoms with Gasteiger partial charge in [0.1, 0.15) is 0 Å². The second kappa shape index (κ2) is 6.65. The molecule has 0 aromatic carbocycles. The topological polar surface area (TPSA) is 60.2 Å². The van der Waals surface area contributed by atoms with Crippen molar-refractivity contribution in [2.75, 3.05) is 0 Å². The van der Waals surface area contributed by atoms with Gasteiger partial charge in [0, 0.05) is 11.3 Å². The maximum Gasteiger partial charge on any atom is 0.274 e. The third-order valence-corrected chi connectivity index (χ3v) is 13.1. The number of carbonyl (C=O) groups is 1. The number of Topliss-reactive ketones (excluding diaryl/α,β-unsaturated/α-hetero) is 1. The van der Waals surface area contributed by atoms with Gasteiger partial charge >= 0.3 is 0 Å². The lowest BCUT2D eigenvalue weighted by atomic mass is 9.86. The summed E-state index contributed by atoms with van der Waals surface area (Å²) < 4.78 is 0. The van der Waals surface area contributed by atoms with Crippen molar-refractivity contribution in [3.05, 3.63) is 20.9 Å². The summed E-state index contributed by atoms with van der Waals surface area (Å²) in [5.74, 6) is -0.0745. The van der Waals surface area contributed by atoms with Crippen molar-refractivity contribution in [2.45, 2.75) is 84.5 Å². The molecule has 1 aliphatic carbocycles. The van der Waals surface area contributed by atoms with Crippen molar-refractivity contribution in [2.24, 2.45) is 5.92 Å². The van der Waals surface area contributed by atoms with Crippen molar-refractivity contribution in [1.29, 1.82) is 0 Å². The molecule has 0 bridgehead atoms. The van der Waals surface area contributed by atoms with Gasteiger partial charge in [-0.25, -0.2) is 0 Å². The Hall–Kier alpha value is -0.973. The Morgan fingerprint density at radius 1 is 1.09 bits per heavy atom. The number of rotatable bonds is 5. The molecule has 126 valence electrons. The number of ketones is 1. The number of nitro groups is 1. The van der Waals surface area contributed by atoms with E-state index < -0.39 is 14.1 Å². The fourth-order valence-corrected chi connectivity index (χ4v) is 12.1. The molecule has 1 rings (SSSR count). The fourth-order valence-electron chi connectivity index (χ4n) is 4.83. The highest BCUT2D eigenvalue weighted by atomic mass is 28.3. The molecule has 0 radical (unpaired) electrons. The van der Waals surface area contributed by atoms with Gasteiger partial charge in [-0.3, -0.25) is 14.9 Å². The average molecular weight is 326 g/mol. The van der Waals surface area contributed by atoms with Crippen molar-refractivity contribution < 1.29 is 9.72 Å². The first-order valence-corrected chi connectivity index (χ1v) is 10.6. The molecule has 0 aromatic rings. The minimum atomic E-state index is -2.16. The smallest absolute Gasteiger partial charge is 0.274 e. The second-order valence-corrected chi connectivity index (χ2v) is 13.6. The third-order valence-electron chi connectivity index (χ3n) is 5.81. The molecule has 0 amide bonds. The average Bonchev–Trinajstić information content (AvgIpc) is 2.36. The van der Waals surface area contributed by atoms with Gasteiger partial charge in [-0.15, -0.1) is 0 Å². The first-order valence-electron chi connectivity index (χ1n) is 8.38. The summed E-state index contributed by atoms with van der Waals surface area (Å²) in [5.41, 5.74) is 2.28. The van der Waals surface area contributed by atoms with Crippen molar-refractivity contribution in [1.82, 2.24) is 0 Å². The molecule has 0 aliphatic heterocycles. The van der Waals surface area contributed by atoms with Gasteiger partial charge in [0.2, 0.25) is 5.78 Å². The molecule has 0 aromatic heterocycles. The molecule has 0 heterocycles. The molecular weight excluding hydrogens is 294 g/mol. The highest BCUT2D eigenvalue weighted by Gasteiger charge is 2.54. The van der Waals surface area contributed by atoms with Crippen LogP contribution < -0.4 is 0 Å². The van der Waals surface area contributed by atoms with Crippen LogP contribution in [0.2, 0.25) is 16.6 Å². The minimum Gasteiger partial charge on any atom is -0.287 e. The number of hydrogen-bond donors (Lipinski definition) is 0. The van der Waals surface area contributed by atoms with E-state index >= 15 is 0 Å². The van der Waals surface area contributed by atoms with E-state index in [1.54, 1.807) is 0 Å². The van der Waals surface area contributed by atoms with Crippen LogP contribution in [0.1, 0.15) is 61.8 Å². The van der Waals surface area contributed by atoms with Crippen LogP contribution in [0.4, 0.5) is 0 Å². The van der Waals surface area contributed by atoms with Crippen LogP contribution in [0.3, 0.4) is 0 Å². The molecule has 0 saturated heterocycles. The van der Waals surface area contributed by atoms with Gasteiger partial charge in [0.15, 0.2) is 0 Å². The molecule has 1 aliphatic rings. The molecule has 0 unspecified atom stereocenters. The lowest BCUT2D eigenvalue weighted by Crippen LogP contribution is -2.54. The van der Waals surface area contributed by atoms with Gasteiger partial charge in [-0.2, -0.15) is 0 Å². The predicted octanol–water partition coefficient (Wildman–Crippen LogP) is 4.78. The highest BCUT2D eigenvalue weighted by Crippen LogP contribution is 2.50. The van der Waals surface area contributed by atoms with Crippen LogP contribution in [0, 0.1) is 16.0 Å². The Morgan fingerprint density at radius 2 is 1.50 bits per heavy atom. The summed E-state index contributed by atoms with van der Waals surface area (Å²) in [6, 6.07) is -1.04. The summed E-state index contributed by atoms with van der Waals surface area (Å²) in [4.78, 5) is 24.0. The summed E-state index contributed by atoms with van der Waals surface area (Å²) in [5, 5.41) is 12.3. The molecule has 2 atom stereocenters. The zero-order chi connectivity index (χ0) is 17.4. The molecule has 0 spiro atoms. The maximum absolute atomic E-state index is 13.0. The van der Waals surface area contributed by atoms with E-state index in [9.17, 15) is 14.9 Å². The Kier molecular flexibility index (Phi) is 5.76. The monoisotopic (exact) mass is 325 g/mol. The van der Waals surface area contributed by atoms with Crippen LogP contribution in [-0.2, 0) is 4.79 Å². The predicted molar refractivity (Wildman–Crippen MR) is 93.3 cm³/mol. The normalized spacial score (nSPS) is 23.9. The van der Waals surface area contributed by atoms with Gasteiger partial charge in [-0.1, -0.05) is 54.0 Å². The molecule has 5 heteroatoms. The van der Waals surface area contributed by atoms with Crippen LogP contribution in [0.25, 0.3) is 0 Å². The second-order valence-electron chi connectivity index (χ2n) is 7.76. The van der Waals surface area contributed by atoms with E-state index in [0.717, 1.165) is 10.8 Å². The van der Waals surface area contributed by atoms with Crippen molar-refractivity contribution in [3.63, 3.8) is 0 Å². The zero-order valence-electron chi connectivity index (χ0n) is 15.3. The fraction of sp³-hybridized carbons (Fsp3) is 0.824. The Labute approximate surface area is 135 Å². The van der Waals surface area contributed by atoms with E-state index in [2.05, 4.69) is 41.5 Å². The van der Waals surface area contributed by atoms with Crippen LogP contribution >= 0.6 is 0 Å². The number of carbonyl (C=O) groups excluding carboxylic acids is 1. The van der Waals surface area contributed by atoms with Crippen LogP contribution in [0.15, 0.2) is 10.8 Å². The van der Waals surface area contributed by atoms with Crippen molar-refractivity contribution >= 4 is 13.9 Å². The maximum atomic E-state index is 13.0. The molecule has 0 fully saturated rings. The third kappa shape index (κ3) is 2.80. The Balaban J connectivity index is 3.66. The quantitative estimate of drug-likeness (QED) is 0.415. The molecule has 0 saturated carbocycles. The number of allylic oxidation sites excluding steroid dienone is 1. The van der Waals surface area contributed by atoms with Crippen LogP contribution in [-0.4, -0.2) is 24.8 Å². The van der Waals surface area contributed by atoms with E-state index in [0.29, 0.717) is 23.0 Å². The summed E-state index contributed by atoms with van der Waals surface area (Å²) in [7, 11) is -2.16. The first-order chi connectivity index (χ1) is 9.99. The van der Waals surface area contributed by atoms with Crippen molar-refractivity contribution in [3.8, 4) is 0 Å². The first kappa shape index (κ1) is 19.1. The van der Waals surface area contributed by atoms with Gasteiger partial charge in [0.05, 0.1) is 8.07 Å². The van der Waals surface area contributed by atoms with E-state index in [1.807, 2.05) is 13.8 Å². The molecule has 0 N–H and O–H groups in total. The van der Waals surface area contributed by atoms with E-state index in [1.165, 1.54) is 0 Å². The zero-order valence-corrected chi connectivity index (χ0v) is 16.3. The number of hydrogen-bond acceptors (Lipinski definition) is 3. The lowest BCUT2D eigenvalue weighted by Gasteiger charge is -2.47. The Morgan fingerprint density at radius 3 is 1.82 bits per heavy atom. The van der Waals surface area contributed by atoms with E-state index in [4.69, 9.17) is 0 Å². The standard InChI is InChI=1S/C17H31NO3Si/c1-10(2)22(11(3)4,12(5)6)17-14(8)13(7)9-15(16(17)19)18(20)21/h10-13,15H,9H2,1-8H3/t13-,15+/m1/s1. The summed E-state index contributed by atoms with van der Waals surface area (Å²) in [6.07, 6.45) is 0.347. The minimum absolute atomic E-state index is 0.117. The van der Waals surface area contributed by atoms with Gasteiger partial charge in [0.25, 0.3) is 6.04 Å². The summed E-state index contributed by atoms with van der Waals surface area (Å²) >= 11 is 0. The Bertz CT molecular complexity index is 472. The molecule has 4 nitrogen and oxygen atoms in total. The SMILES string of the molecule is CC1=C([Si](C(C)C)(C(C)C)C(C)C)C(=O)[C@@H]([N+](=O)[O-])C[C@H]1C. The molecule has 22 heavy (non-hydrogen) atoms. The van der Waals surface area contributed by atoms with Gasteiger partial charge < -0.3 is 0 Å². The van der Waals surface area contributed by atoms with Crippen LogP contribution in [0.5, 0.6) is 0 Å². The highest BCUT2D eigenvalue weighted by molar-refractivity contribution is 6.93. The summed E-state index contributed by atoms with van der Waals surface area (Å²) in [6.45, 7) is 17.2. The lowest BCUT2D eigenvalue weighted by molar-refractivity contribution is -0.509. The largest absolute Gasteiger partial charge is 0.287 e. The van der Waals surface area contributed by atoms with Gasteiger partial charge in [-0.05, 0) is 34.7 Å². The molecular formula is C17H31NO3Si. The van der Waals surface area contributed by atoms with E-state index in [-0.39, 0.29) is 16.6 Å².